The predicted octanol–water partition coefficient (Wildman–Crippen LogP) is 6.78. The normalized spacial score (nSPS) is 10.8. The van der Waals surface area contributed by atoms with Gasteiger partial charge in [-0.25, -0.2) is 0 Å². The number of Topliss-reactive ketones (excluding diaryl/α,β-unsaturated/α-hetero) is 1. The molecular formula is C22H27BrO. The van der Waals surface area contributed by atoms with Crippen molar-refractivity contribution >= 4 is 21.7 Å². The summed E-state index contributed by atoms with van der Waals surface area (Å²) in [7, 11) is 0. The van der Waals surface area contributed by atoms with Crippen LogP contribution in [0, 0.1) is 0 Å². The van der Waals surface area contributed by atoms with E-state index in [4.69, 9.17) is 0 Å². The molecule has 2 heteroatoms. The summed E-state index contributed by atoms with van der Waals surface area (Å²) >= 11 is 3.42. The van der Waals surface area contributed by atoms with E-state index in [0.29, 0.717) is 6.42 Å². The average Bonchev–Trinajstić information content (AvgIpc) is 2.60. The van der Waals surface area contributed by atoms with Gasteiger partial charge in [-0.15, -0.1) is 0 Å². The molecule has 2 aromatic carbocycles. The van der Waals surface area contributed by atoms with Crippen LogP contribution in [0.1, 0.15) is 66.9 Å². The van der Waals surface area contributed by atoms with Gasteiger partial charge < -0.3 is 0 Å². The van der Waals surface area contributed by atoms with E-state index in [2.05, 4.69) is 35.0 Å². The molecule has 0 aliphatic heterocycles. The average molecular weight is 387 g/mol. The maximum absolute atomic E-state index is 12.4. The Balaban J connectivity index is 1.78. The number of benzene rings is 2. The van der Waals surface area contributed by atoms with E-state index in [0.717, 1.165) is 22.0 Å². The molecule has 128 valence electrons. The lowest BCUT2D eigenvalue weighted by atomic mass is 10.00. The van der Waals surface area contributed by atoms with Crippen molar-refractivity contribution in [1.29, 1.82) is 0 Å². The van der Waals surface area contributed by atoms with Gasteiger partial charge in [0.1, 0.15) is 0 Å². The summed E-state index contributed by atoms with van der Waals surface area (Å²) in [5.74, 6) is 0.184. The number of carbonyl (C=O) groups is 1. The molecule has 0 spiro atoms. The van der Waals surface area contributed by atoms with E-state index < -0.39 is 0 Å². The van der Waals surface area contributed by atoms with Crippen LogP contribution in [0.2, 0.25) is 0 Å². The first-order valence-electron chi connectivity index (χ1n) is 9.05. The van der Waals surface area contributed by atoms with Gasteiger partial charge >= 0.3 is 0 Å². The molecular weight excluding hydrogens is 360 g/mol. The minimum absolute atomic E-state index is 0.184. The van der Waals surface area contributed by atoms with Gasteiger partial charge in [-0.05, 0) is 36.1 Å². The van der Waals surface area contributed by atoms with Gasteiger partial charge in [-0.2, -0.15) is 0 Å². The van der Waals surface area contributed by atoms with Crippen LogP contribution < -0.4 is 0 Å². The molecule has 0 unspecified atom stereocenters. The molecule has 0 heterocycles. The Morgan fingerprint density at radius 3 is 2.04 bits per heavy atom. The minimum Gasteiger partial charge on any atom is -0.294 e. The SMILES string of the molecule is CCCCCCCCc1ccc(C(=O)Cc2ccc(Br)cc2)cc1. The van der Waals surface area contributed by atoms with Crippen molar-refractivity contribution in [1.82, 2.24) is 0 Å². The van der Waals surface area contributed by atoms with Gasteiger partial charge in [-0.3, -0.25) is 4.79 Å². The van der Waals surface area contributed by atoms with E-state index in [1.807, 2.05) is 36.4 Å². The number of aryl methyl sites for hydroxylation is 1. The summed E-state index contributed by atoms with van der Waals surface area (Å²) < 4.78 is 1.04. The molecule has 0 amide bonds. The molecule has 0 aliphatic carbocycles. The van der Waals surface area contributed by atoms with Crippen LogP contribution in [0.3, 0.4) is 0 Å². The number of ketones is 1. The number of carbonyl (C=O) groups excluding carboxylic acids is 1. The number of hydrogen-bond donors (Lipinski definition) is 0. The van der Waals surface area contributed by atoms with Crippen LogP contribution in [0.4, 0.5) is 0 Å². The van der Waals surface area contributed by atoms with Crippen LogP contribution in [-0.2, 0) is 12.8 Å². The fraction of sp³-hybridized carbons (Fsp3) is 0.409. The molecule has 0 bridgehead atoms. The van der Waals surface area contributed by atoms with Gasteiger partial charge in [0.05, 0.1) is 0 Å². The van der Waals surface area contributed by atoms with Gasteiger partial charge in [0.25, 0.3) is 0 Å². The molecule has 0 aromatic heterocycles. The molecule has 0 saturated carbocycles. The first-order valence-corrected chi connectivity index (χ1v) is 9.85. The van der Waals surface area contributed by atoms with Crippen molar-refractivity contribution < 1.29 is 4.79 Å². The highest BCUT2D eigenvalue weighted by Crippen LogP contribution is 2.15. The zero-order valence-electron chi connectivity index (χ0n) is 14.6. The third-order valence-corrected chi connectivity index (χ3v) is 4.90. The zero-order chi connectivity index (χ0) is 17.2. The van der Waals surface area contributed by atoms with Crippen molar-refractivity contribution in [2.45, 2.75) is 58.3 Å². The zero-order valence-corrected chi connectivity index (χ0v) is 16.1. The Morgan fingerprint density at radius 2 is 1.38 bits per heavy atom. The van der Waals surface area contributed by atoms with Gasteiger partial charge in [0.15, 0.2) is 5.78 Å². The first-order chi connectivity index (χ1) is 11.7. The lowest BCUT2D eigenvalue weighted by molar-refractivity contribution is 0.0993. The van der Waals surface area contributed by atoms with E-state index in [1.165, 1.54) is 44.1 Å². The summed E-state index contributed by atoms with van der Waals surface area (Å²) in [6, 6.07) is 16.1. The lowest BCUT2D eigenvalue weighted by Gasteiger charge is -2.05. The Bertz CT molecular complexity index is 613. The molecule has 2 aromatic rings. The highest BCUT2D eigenvalue weighted by atomic mass is 79.9. The number of unbranched alkanes of at least 4 members (excludes halogenated alkanes) is 5. The summed E-state index contributed by atoms with van der Waals surface area (Å²) in [6.45, 7) is 2.25. The Kier molecular flexibility index (Phi) is 8.24. The van der Waals surface area contributed by atoms with E-state index >= 15 is 0 Å². The Hall–Kier alpha value is -1.41. The molecule has 1 nitrogen and oxygen atoms in total. The van der Waals surface area contributed by atoms with E-state index in [-0.39, 0.29) is 5.78 Å². The second-order valence-electron chi connectivity index (χ2n) is 6.44. The summed E-state index contributed by atoms with van der Waals surface area (Å²) in [5, 5.41) is 0. The summed E-state index contributed by atoms with van der Waals surface area (Å²) in [6.07, 6.45) is 9.50. The third-order valence-electron chi connectivity index (χ3n) is 4.37. The van der Waals surface area contributed by atoms with Crippen LogP contribution in [-0.4, -0.2) is 5.78 Å². The minimum atomic E-state index is 0.184. The quantitative estimate of drug-likeness (QED) is 0.324. The van der Waals surface area contributed by atoms with Crippen molar-refractivity contribution in [3.8, 4) is 0 Å². The van der Waals surface area contributed by atoms with Gasteiger partial charge in [-0.1, -0.05) is 91.4 Å². The van der Waals surface area contributed by atoms with E-state index in [1.54, 1.807) is 0 Å². The van der Waals surface area contributed by atoms with Crippen LogP contribution >= 0.6 is 15.9 Å². The van der Waals surface area contributed by atoms with Crippen LogP contribution in [0.25, 0.3) is 0 Å². The maximum Gasteiger partial charge on any atom is 0.167 e. The van der Waals surface area contributed by atoms with Gasteiger partial charge in [0.2, 0.25) is 0 Å². The number of rotatable bonds is 10. The maximum atomic E-state index is 12.4. The molecule has 0 fully saturated rings. The van der Waals surface area contributed by atoms with Crippen molar-refractivity contribution in [2.24, 2.45) is 0 Å². The topological polar surface area (TPSA) is 17.1 Å². The molecule has 0 aliphatic rings. The molecule has 2 rings (SSSR count). The standard InChI is InChI=1S/C22H27BrO/c1-2-3-4-5-6-7-8-18-9-13-20(14-10-18)22(24)17-19-11-15-21(23)16-12-19/h9-16H,2-8,17H2,1H3. The summed E-state index contributed by atoms with van der Waals surface area (Å²) in [4.78, 5) is 12.4. The van der Waals surface area contributed by atoms with Crippen molar-refractivity contribution in [3.05, 3.63) is 69.7 Å². The second kappa shape index (κ2) is 10.5. The number of halogens is 1. The van der Waals surface area contributed by atoms with Gasteiger partial charge in [0, 0.05) is 16.5 Å². The highest BCUT2D eigenvalue weighted by Gasteiger charge is 2.07. The third kappa shape index (κ3) is 6.60. The fourth-order valence-corrected chi connectivity index (χ4v) is 3.12. The lowest BCUT2D eigenvalue weighted by Crippen LogP contribution is -2.03. The molecule has 0 atom stereocenters. The van der Waals surface area contributed by atoms with Crippen LogP contribution in [0.5, 0.6) is 0 Å². The largest absolute Gasteiger partial charge is 0.294 e. The monoisotopic (exact) mass is 386 g/mol. The van der Waals surface area contributed by atoms with E-state index in [9.17, 15) is 4.79 Å². The molecule has 0 saturated heterocycles. The number of hydrogen-bond acceptors (Lipinski definition) is 1. The van der Waals surface area contributed by atoms with Crippen LogP contribution in [0.15, 0.2) is 53.0 Å². The second-order valence-corrected chi connectivity index (χ2v) is 7.36. The van der Waals surface area contributed by atoms with Crippen molar-refractivity contribution in [2.75, 3.05) is 0 Å². The van der Waals surface area contributed by atoms with Crippen molar-refractivity contribution in [3.63, 3.8) is 0 Å². The smallest absolute Gasteiger partial charge is 0.167 e. The molecule has 24 heavy (non-hydrogen) atoms. The fourth-order valence-electron chi connectivity index (χ4n) is 2.86. The predicted molar refractivity (Wildman–Crippen MR) is 106 cm³/mol. The Labute approximate surface area is 154 Å². The molecule has 0 N–H and O–H groups in total. The molecule has 0 radical (unpaired) electrons. The first kappa shape index (κ1) is 18.9. The Morgan fingerprint density at radius 1 is 0.792 bits per heavy atom. The highest BCUT2D eigenvalue weighted by molar-refractivity contribution is 9.10. The summed E-state index contributed by atoms with van der Waals surface area (Å²) in [5.41, 5.74) is 3.20.